The molecule has 0 bridgehead atoms. The maximum Gasteiger partial charge on any atom is 0.153 e. The van der Waals surface area contributed by atoms with Crippen molar-refractivity contribution in [1.82, 2.24) is 14.6 Å². The Morgan fingerprint density at radius 3 is 2.68 bits per heavy atom. The molecule has 1 fully saturated rings. The van der Waals surface area contributed by atoms with E-state index in [1.807, 2.05) is 22.8 Å². The first kappa shape index (κ1) is 18.5. The third-order valence-corrected chi connectivity index (χ3v) is 6.36. The number of aliphatic hydroxyl groups is 1. The number of imidazole rings is 1. The fraction of sp³-hybridized carbons (Fsp3) is 0.684. The lowest BCUT2D eigenvalue weighted by Gasteiger charge is -2.26. The Kier molecular flexibility index (Phi) is 5.85. The second kappa shape index (κ2) is 7.92. The van der Waals surface area contributed by atoms with Gasteiger partial charge in [-0.05, 0) is 50.2 Å². The van der Waals surface area contributed by atoms with Crippen LogP contribution >= 0.6 is 11.6 Å². The molecular formula is C19H29ClN4O. The minimum Gasteiger partial charge on any atom is -0.393 e. The quantitative estimate of drug-likeness (QED) is 0.754. The number of hydrogen-bond donors (Lipinski definition) is 2. The van der Waals surface area contributed by atoms with Gasteiger partial charge in [0.05, 0.1) is 18.0 Å². The minimum absolute atomic E-state index is 0.141. The standard InChI is InChI=1S/C19H29ClN4O/c1-4-16(20)12(2)13(3)17-11-21-19-10-9-18(23-24(17)19)22-14-5-7-15(25)8-6-14/h9-16,25H,4-8H2,1-3H3,(H,22,23). The number of nitrogens with one attached hydrogen (secondary N) is 1. The van der Waals surface area contributed by atoms with E-state index >= 15 is 0 Å². The third kappa shape index (κ3) is 4.09. The van der Waals surface area contributed by atoms with Gasteiger partial charge in [-0.2, -0.15) is 0 Å². The third-order valence-electron chi connectivity index (χ3n) is 5.65. The van der Waals surface area contributed by atoms with Crippen molar-refractivity contribution in [2.24, 2.45) is 5.92 Å². The van der Waals surface area contributed by atoms with Gasteiger partial charge in [0.15, 0.2) is 5.65 Å². The van der Waals surface area contributed by atoms with Crippen LogP contribution in [0.15, 0.2) is 18.3 Å². The number of nitrogens with zero attached hydrogens (tertiary/aromatic N) is 3. The van der Waals surface area contributed by atoms with Crippen LogP contribution in [-0.2, 0) is 0 Å². The summed E-state index contributed by atoms with van der Waals surface area (Å²) >= 11 is 6.47. The van der Waals surface area contributed by atoms with Crippen LogP contribution in [0.2, 0.25) is 0 Å². The largest absolute Gasteiger partial charge is 0.393 e. The molecule has 0 radical (unpaired) electrons. The predicted octanol–water partition coefficient (Wildman–Crippen LogP) is 4.20. The number of aliphatic hydroxyl groups excluding tert-OH is 1. The summed E-state index contributed by atoms with van der Waals surface area (Å²) < 4.78 is 1.94. The van der Waals surface area contributed by atoms with Crippen molar-refractivity contribution in [2.45, 2.75) is 76.3 Å². The first-order valence-corrected chi connectivity index (χ1v) is 9.86. The van der Waals surface area contributed by atoms with Crippen molar-refractivity contribution in [1.29, 1.82) is 0 Å². The lowest BCUT2D eigenvalue weighted by molar-refractivity contribution is 0.126. The van der Waals surface area contributed by atoms with Gasteiger partial charge in [-0.1, -0.05) is 20.8 Å². The zero-order valence-electron chi connectivity index (χ0n) is 15.3. The SMILES string of the molecule is CCC(Cl)C(C)C(C)c1cnc2ccc(NC3CCC(O)CC3)nn12. The van der Waals surface area contributed by atoms with Crippen molar-refractivity contribution in [2.75, 3.05) is 5.32 Å². The molecule has 5 nitrogen and oxygen atoms in total. The van der Waals surface area contributed by atoms with Gasteiger partial charge in [-0.25, -0.2) is 9.50 Å². The van der Waals surface area contributed by atoms with E-state index in [-0.39, 0.29) is 17.4 Å². The lowest BCUT2D eigenvalue weighted by Crippen LogP contribution is -2.28. The molecule has 1 aliphatic carbocycles. The molecule has 0 amide bonds. The van der Waals surface area contributed by atoms with Gasteiger partial charge in [0.25, 0.3) is 0 Å². The van der Waals surface area contributed by atoms with E-state index in [1.54, 1.807) is 0 Å². The highest BCUT2D eigenvalue weighted by atomic mass is 35.5. The number of anilines is 1. The van der Waals surface area contributed by atoms with Crippen molar-refractivity contribution >= 4 is 23.1 Å². The number of rotatable bonds is 6. The molecule has 0 saturated heterocycles. The molecule has 2 heterocycles. The van der Waals surface area contributed by atoms with Crippen LogP contribution in [0.4, 0.5) is 5.82 Å². The van der Waals surface area contributed by atoms with Gasteiger partial charge >= 0.3 is 0 Å². The normalized spacial score (nSPS) is 24.8. The molecule has 1 aliphatic rings. The second-order valence-electron chi connectivity index (χ2n) is 7.39. The molecule has 0 spiro atoms. The summed E-state index contributed by atoms with van der Waals surface area (Å²) in [4.78, 5) is 4.50. The Morgan fingerprint density at radius 1 is 1.28 bits per heavy atom. The van der Waals surface area contributed by atoms with Crippen LogP contribution < -0.4 is 5.32 Å². The summed E-state index contributed by atoms with van der Waals surface area (Å²) in [5, 5.41) is 18.1. The highest BCUT2D eigenvalue weighted by Gasteiger charge is 2.24. The molecule has 0 aromatic carbocycles. The average molecular weight is 365 g/mol. The Bertz CT molecular complexity index is 696. The first-order chi connectivity index (χ1) is 12.0. The summed E-state index contributed by atoms with van der Waals surface area (Å²) in [5.41, 5.74) is 1.96. The fourth-order valence-electron chi connectivity index (χ4n) is 3.66. The highest BCUT2D eigenvalue weighted by molar-refractivity contribution is 6.20. The Hall–Kier alpha value is -1.33. The molecule has 2 aromatic heterocycles. The van der Waals surface area contributed by atoms with Crippen LogP contribution in [0.1, 0.15) is 64.5 Å². The van der Waals surface area contributed by atoms with E-state index in [4.69, 9.17) is 16.7 Å². The van der Waals surface area contributed by atoms with Gasteiger partial charge in [-0.3, -0.25) is 0 Å². The zero-order valence-corrected chi connectivity index (χ0v) is 16.1. The van der Waals surface area contributed by atoms with Gasteiger partial charge < -0.3 is 10.4 Å². The number of fused-ring (bicyclic) bond motifs is 1. The van der Waals surface area contributed by atoms with Gasteiger partial charge in [0, 0.05) is 17.3 Å². The van der Waals surface area contributed by atoms with E-state index in [0.717, 1.165) is 49.3 Å². The predicted molar refractivity (Wildman–Crippen MR) is 102 cm³/mol. The molecule has 1 saturated carbocycles. The molecule has 3 unspecified atom stereocenters. The monoisotopic (exact) mass is 364 g/mol. The summed E-state index contributed by atoms with van der Waals surface area (Å²) in [5.74, 6) is 1.50. The fourth-order valence-corrected chi connectivity index (χ4v) is 3.88. The molecule has 6 heteroatoms. The first-order valence-electron chi connectivity index (χ1n) is 9.43. The van der Waals surface area contributed by atoms with E-state index in [0.29, 0.717) is 12.0 Å². The summed E-state index contributed by atoms with van der Waals surface area (Å²) in [6.07, 6.45) is 6.42. The topological polar surface area (TPSA) is 62.5 Å². The number of halogens is 1. The van der Waals surface area contributed by atoms with Crippen LogP contribution in [0.5, 0.6) is 0 Å². The molecule has 3 rings (SSSR count). The van der Waals surface area contributed by atoms with Gasteiger partial charge in [-0.15, -0.1) is 16.7 Å². The van der Waals surface area contributed by atoms with Crippen LogP contribution in [-0.4, -0.2) is 37.2 Å². The maximum atomic E-state index is 9.65. The van der Waals surface area contributed by atoms with Crippen LogP contribution in [0.25, 0.3) is 5.65 Å². The van der Waals surface area contributed by atoms with Gasteiger partial charge in [0.2, 0.25) is 0 Å². The van der Waals surface area contributed by atoms with Crippen LogP contribution in [0.3, 0.4) is 0 Å². The lowest BCUT2D eigenvalue weighted by atomic mass is 9.89. The Labute approximate surface area is 154 Å². The average Bonchev–Trinajstić information content (AvgIpc) is 3.05. The highest BCUT2D eigenvalue weighted by Crippen LogP contribution is 2.31. The summed E-state index contributed by atoms with van der Waals surface area (Å²) in [7, 11) is 0. The maximum absolute atomic E-state index is 9.65. The Morgan fingerprint density at radius 2 is 2.00 bits per heavy atom. The molecular weight excluding hydrogens is 336 g/mol. The van der Waals surface area contributed by atoms with Gasteiger partial charge in [0.1, 0.15) is 5.82 Å². The Balaban J connectivity index is 1.79. The molecule has 3 atom stereocenters. The number of alkyl halides is 1. The number of aromatic nitrogens is 3. The van der Waals surface area contributed by atoms with Crippen molar-refractivity contribution < 1.29 is 5.11 Å². The molecule has 0 aliphatic heterocycles. The minimum atomic E-state index is -0.141. The van der Waals surface area contributed by atoms with Crippen molar-refractivity contribution in [3.63, 3.8) is 0 Å². The molecule has 2 N–H and O–H groups in total. The second-order valence-corrected chi connectivity index (χ2v) is 7.95. The van der Waals surface area contributed by atoms with E-state index in [2.05, 4.69) is 31.1 Å². The smallest absolute Gasteiger partial charge is 0.153 e. The van der Waals surface area contributed by atoms with Crippen molar-refractivity contribution in [3.8, 4) is 0 Å². The van der Waals surface area contributed by atoms with E-state index < -0.39 is 0 Å². The molecule has 138 valence electrons. The van der Waals surface area contributed by atoms with E-state index in [1.165, 1.54) is 0 Å². The molecule has 2 aromatic rings. The van der Waals surface area contributed by atoms with E-state index in [9.17, 15) is 5.11 Å². The molecule has 25 heavy (non-hydrogen) atoms. The summed E-state index contributed by atoms with van der Waals surface area (Å²) in [6, 6.07) is 4.37. The zero-order chi connectivity index (χ0) is 18.0. The summed E-state index contributed by atoms with van der Waals surface area (Å²) in [6.45, 7) is 6.51. The van der Waals surface area contributed by atoms with Crippen LogP contribution in [0, 0.1) is 5.92 Å². The number of hydrogen-bond acceptors (Lipinski definition) is 4. The van der Waals surface area contributed by atoms with Crippen molar-refractivity contribution in [3.05, 3.63) is 24.0 Å².